The second-order valence-corrected chi connectivity index (χ2v) is 7.79. The fourth-order valence-electron chi connectivity index (χ4n) is 4.03. The van der Waals surface area contributed by atoms with Crippen LogP contribution < -0.4 is 18.9 Å². The number of carbonyl (C=O) groups is 1. The van der Waals surface area contributed by atoms with Crippen LogP contribution in [0.1, 0.15) is 24.3 Å². The number of esters is 1. The highest BCUT2D eigenvalue weighted by molar-refractivity contribution is 6.08. The lowest BCUT2D eigenvalue weighted by Gasteiger charge is -2.16. The molecule has 0 N–H and O–H groups in total. The number of benzene rings is 2. The van der Waals surface area contributed by atoms with Crippen LogP contribution in [0.3, 0.4) is 0 Å². The van der Waals surface area contributed by atoms with Gasteiger partial charge in [-0.15, -0.1) is 0 Å². The molecule has 0 amide bonds. The molecular weight excluding hydrogens is 422 g/mol. The molecule has 4 rings (SSSR count). The summed E-state index contributed by atoms with van der Waals surface area (Å²) in [5.74, 6) is 2.15. The van der Waals surface area contributed by atoms with Crippen LogP contribution in [0.5, 0.6) is 23.0 Å². The summed E-state index contributed by atoms with van der Waals surface area (Å²) in [6.45, 7) is 3.94. The first kappa shape index (κ1) is 22.3. The number of rotatable bonds is 7. The largest absolute Gasteiger partial charge is 0.497 e. The van der Waals surface area contributed by atoms with E-state index in [-0.39, 0.29) is 6.10 Å². The van der Waals surface area contributed by atoms with E-state index in [9.17, 15) is 4.79 Å². The summed E-state index contributed by atoms with van der Waals surface area (Å²) in [5.41, 5.74) is 2.81. The molecule has 0 unspecified atom stereocenters. The van der Waals surface area contributed by atoms with E-state index in [1.165, 1.54) is 7.11 Å². The van der Waals surface area contributed by atoms with Gasteiger partial charge in [-0.25, -0.2) is 4.79 Å². The summed E-state index contributed by atoms with van der Waals surface area (Å²) in [5, 5.41) is 1.83. The molecule has 0 aliphatic rings. The zero-order valence-corrected chi connectivity index (χ0v) is 19.6. The summed E-state index contributed by atoms with van der Waals surface area (Å²) < 4.78 is 29.6. The molecule has 0 saturated heterocycles. The number of ether oxygens (including phenoxy) is 5. The van der Waals surface area contributed by atoms with E-state index in [0.29, 0.717) is 28.7 Å². The first-order chi connectivity index (χ1) is 15.9. The molecule has 33 heavy (non-hydrogen) atoms. The van der Waals surface area contributed by atoms with E-state index in [1.54, 1.807) is 21.3 Å². The smallest absolute Gasteiger partial charge is 0.355 e. The van der Waals surface area contributed by atoms with Gasteiger partial charge in [-0.3, -0.25) is 0 Å². The number of methoxy groups -OCH3 is 4. The minimum Gasteiger partial charge on any atom is -0.497 e. The van der Waals surface area contributed by atoms with Crippen LogP contribution in [-0.4, -0.2) is 44.9 Å². The van der Waals surface area contributed by atoms with Gasteiger partial charge >= 0.3 is 5.97 Å². The predicted octanol–water partition coefficient (Wildman–Crippen LogP) is 5.36. The molecule has 7 heteroatoms. The van der Waals surface area contributed by atoms with Crippen molar-refractivity contribution in [3.8, 4) is 34.1 Å². The quantitative estimate of drug-likeness (QED) is 0.354. The van der Waals surface area contributed by atoms with Crippen LogP contribution in [0.2, 0.25) is 0 Å². The van der Waals surface area contributed by atoms with Gasteiger partial charge in [0, 0.05) is 22.7 Å². The normalized spacial score (nSPS) is 11.1. The number of fused-ring (bicyclic) bond motifs is 3. The Labute approximate surface area is 192 Å². The van der Waals surface area contributed by atoms with Crippen LogP contribution >= 0.6 is 0 Å². The maximum atomic E-state index is 12.6. The Hall–Kier alpha value is -3.87. The maximum absolute atomic E-state index is 12.6. The van der Waals surface area contributed by atoms with Gasteiger partial charge < -0.3 is 28.1 Å². The Kier molecular flexibility index (Phi) is 6.05. The molecule has 2 aromatic heterocycles. The molecule has 0 radical (unpaired) electrons. The first-order valence-electron chi connectivity index (χ1n) is 10.5. The monoisotopic (exact) mass is 449 g/mol. The second-order valence-electron chi connectivity index (χ2n) is 7.79. The minimum absolute atomic E-state index is 0.00378. The van der Waals surface area contributed by atoms with Gasteiger partial charge in [0.1, 0.15) is 17.2 Å². The third kappa shape index (κ3) is 3.91. The summed E-state index contributed by atoms with van der Waals surface area (Å²) in [7, 11) is 6.20. The van der Waals surface area contributed by atoms with Crippen molar-refractivity contribution in [3.05, 3.63) is 54.4 Å². The number of carbonyl (C=O) groups excluding carboxylic acids is 1. The van der Waals surface area contributed by atoms with Crippen molar-refractivity contribution in [2.45, 2.75) is 20.0 Å². The SMILES string of the molecule is COC(=O)c1cc(-c2cc(OC)ccc2OC)c2c3cc(OC)c(OC(C)C)cc3ccn12. The maximum Gasteiger partial charge on any atom is 0.355 e. The van der Waals surface area contributed by atoms with Gasteiger partial charge in [0.05, 0.1) is 40.1 Å². The molecule has 4 aromatic rings. The standard InChI is InChI=1S/C26H27NO6/c1-15(2)33-24-11-16-9-10-27-21(26(28)32-6)13-20(25(27)18(16)14-23(24)31-5)19-12-17(29-3)7-8-22(19)30-4/h7-15H,1-6H3. The minimum atomic E-state index is -0.441. The number of hydrogen-bond acceptors (Lipinski definition) is 6. The van der Waals surface area contributed by atoms with Gasteiger partial charge in [-0.1, -0.05) is 0 Å². The Morgan fingerprint density at radius 3 is 2.21 bits per heavy atom. The summed E-state index contributed by atoms with van der Waals surface area (Å²) in [6.07, 6.45) is 1.85. The lowest BCUT2D eigenvalue weighted by molar-refractivity contribution is 0.0593. The third-order valence-electron chi connectivity index (χ3n) is 5.48. The van der Waals surface area contributed by atoms with E-state index in [1.807, 2.05) is 66.9 Å². The van der Waals surface area contributed by atoms with Crippen molar-refractivity contribution in [1.82, 2.24) is 4.40 Å². The van der Waals surface area contributed by atoms with Crippen molar-refractivity contribution in [1.29, 1.82) is 0 Å². The van der Waals surface area contributed by atoms with Crippen LogP contribution in [0.4, 0.5) is 0 Å². The highest BCUT2D eigenvalue weighted by Gasteiger charge is 2.22. The number of nitrogens with zero attached hydrogens (tertiary/aromatic N) is 1. The van der Waals surface area contributed by atoms with Crippen molar-refractivity contribution in [3.63, 3.8) is 0 Å². The zero-order chi connectivity index (χ0) is 23.7. The van der Waals surface area contributed by atoms with Crippen LogP contribution in [-0.2, 0) is 4.74 Å². The van der Waals surface area contributed by atoms with E-state index >= 15 is 0 Å². The van der Waals surface area contributed by atoms with Crippen LogP contribution in [0.25, 0.3) is 27.4 Å². The Morgan fingerprint density at radius 2 is 1.58 bits per heavy atom. The highest BCUT2D eigenvalue weighted by atomic mass is 16.5. The Balaban J connectivity index is 2.12. The van der Waals surface area contributed by atoms with Crippen LogP contribution in [0.15, 0.2) is 48.7 Å². The van der Waals surface area contributed by atoms with E-state index < -0.39 is 5.97 Å². The van der Waals surface area contributed by atoms with Crippen molar-refractivity contribution in [2.75, 3.05) is 28.4 Å². The number of aromatic nitrogens is 1. The molecule has 0 aliphatic carbocycles. The second kappa shape index (κ2) is 8.94. The lowest BCUT2D eigenvalue weighted by Crippen LogP contribution is -2.07. The van der Waals surface area contributed by atoms with Crippen molar-refractivity contribution >= 4 is 22.3 Å². The Morgan fingerprint density at radius 1 is 0.818 bits per heavy atom. The molecule has 7 nitrogen and oxygen atoms in total. The Bertz CT molecular complexity index is 1340. The topological polar surface area (TPSA) is 67.6 Å². The molecule has 0 aliphatic heterocycles. The van der Waals surface area contributed by atoms with Gasteiger partial charge in [0.25, 0.3) is 0 Å². The molecule has 0 atom stereocenters. The van der Waals surface area contributed by atoms with Gasteiger partial charge in [-0.05, 0) is 61.7 Å². The molecule has 172 valence electrons. The summed E-state index contributed by atoms with van der Waals surface area (Å²) in [4.78, 5) is 12.6. The molecule has 2 heterocycles. The fourth-order valence-corrected chi connectivity index (χ4v) is 4.03. The molecule has 2 aromatic carbocycles. The first-order valence-corrected chi connectivity index (χ1v) is 10.5. The van der Waals surface area contributed by atoms with E-state index in [4.69, 9.17) is 23.7 Å². The van der Waals surface area contributed by atoms with Gasteiger partial charge in [0.15, 0.2) is 11.5 Å². The molecule has 0 saturated carbocycles. The summed E-state index contributed by atoms with van der Waals surface area (Å²) >= 11 is 0. The average Bonchev–Trinajstić information content (AvgIpc) is 3.22. The van der Waals surface area contributed by atoms with Gasteiger partial charge in [-0.2, -0.15) is 0 Å². The number of pyridine rings is 1. The third-order valence-corrected chi connectivity index (χ3v) is 5.48. The lowest BCUT2D eigenvalue weighted by atomic mass is 10.0. The summed E-state index contributed by atoms with van der Waals surface area (Å²) in [6, 6.07) is 13.2. The molecular formula is C26H27NO6. The van der Waals surface area contributed by atoms with E-state index in [0.717, 1.165) is 27.4 Å². The van der Waals surface area contributed by atoms with Gasteiger partial charge in [0.2, 0.25) is 0 Å². The highest BCUT2D eigenvalue weighted by Crippen LogP contribution is 2.42. The molecule has 0 fully saturated rings. The predicted molar refractivity (Wildman–Crippen MR) is 127 cm³/mol. The molecule has 0 bridgehead atoms. The molecule has 0 spiro atoms. The van der Waals surface area contributed by atoms with Crippen molar-refractivity contribution in [2.24, 2.45) is 0 Å². The van der Waals surface area contributed by atoms with Crippen LogP contribution in [0, 0.1) is 0 Å². The van der Waals surface area contributed by atoms with Crippen molar-refractivity contribution < 1.29 is 28.5 Å². The number of hydrogen-bond donors (Lipinski definition) is 0. The zero-order valence-electron chi connectivity index (χ0n) is 19.6. The average molecular weight is 450 g/mol. The fraction of sp³-hybridized carbons (Fsp3) is 0.269. The van der Waals surface area contributed by atoms with E-state index in [2.05, 4.69) is 0 Å².